The first-order chi connectivity index (χ1) is 8.22. The van der Waals surface area contributed by atoms with Crippen LogP contribution in [0.3, 0.4) is 0 Å². The normalized spacial score (nSPS) is 18.4. The van der Waals surface area contributed by atoms with E-state index in [2.05, 4.69) is 12.1 Å². The summed E-state index contributed by atoms with van der Waals surface area (Å²) in [6, 6.07) is 6.20. The first-order valence-corrected chi connectivity index (χ1v) is 5.95. The summed E-state index contributed by atoms with van der Waals surface area (Å²) in [5, 5.41) is 0. The van der Waals surface area contributed by atoms with Crippen molar-refractivity contribution >= 4 is 5.97 Å². The lowest BCUT2D eigenvalue weighted by atomic mass is 9.82. The molecule has 0 unspecified atom stereocenters. The Morgan fingerprint density at radius 3 is 2.88 bits per heavy atom. The Kier molecular flexibility index (Phi) is 3.67. The van der Waals surface area contributed by atoms with E-state index in [-0.39, 0.29) is 5.97 Å². The molecule has 0 saturated carbocycles. The lowest BCUT2D eigenvalue weighted by molar-refractivity contribution is -0.141. The van der Waals surface area contributed by atoms with Crippen molar-refractivity contribution in [2.45, 2.75) is 25.7 Å². The Labute approximate surface area is 102 Å². The van der Waals surface area contributed by atoms with E-state index < -0.39 is 0 Å². The third kappa shape index (κ3) is 2.78. The van der Waals surface area contributed by atoms with Gasteiger partial charge in [-0.3, -0.25) is 4.79 Å². The van der Waals surface area contributed by atoms with Crippen molar-refractivity contribution in [2.24, 2.45) is 5.92 Å². The van der Waals surface area contributed by atoms with Gasteiger partial charge in [-0.05, 0) is 48.4 Å². The Balaban J connectivity index is 2.06. The van der Waals surface area contributed by atoms with Crippen LogP contribution in [0, 0.1) is 5.92 Å². The molecule has 1 atom stereocenters. The summed E-state index contributed by atoms with van der Waals surface area (Å²) >= 11 is 0. The molecule has 0 aromatic heterocycles. The van der Waals surface area contributed by atoms with Crippen LogP contribution in [0.5, 0.6) is 5.75 Å². The number of hydrogen-bond acceptors (Lipinski definition) is 3. The SMILES string of the molecule is COC(=O)C[C@H]1CCc2cc(OC)ccc2C1. The number of carbonyl (C=O) groups excluding carboxylic acids is 1. The summed E-state index contributed by atoms with van der Waals surface area (Å²) in [6.45, 7) is 0. The number of benzene rings is 1. The zero-order chi connectivity index (χ0) is 12.3. The highest BCUT2D eigenvalue weighted by atomic mass is 16.5. The Hall–Kier alpha value is -1.51. The monoisotopic (exact) mass is 234 g/mol. The van der Waals surface area contributed by atoms with Gasteiger partial charge in [0.2, 0.25) is 0 Å². The van der Waals surface area contributed by atoms with E-state index in [4.69, 9.17) is 9.47 Å². The highest BCUT2D eigenvalue weighted by molar-refractivity contribution is 5.69. The van der Waals surface area contributed by atoms with E-state index in [9.17, 15) is 4.79 Å². The van der Waals surface area contributed by atoms with Crippen molar-refractivity contribution in [2.75, 3.05) is 14.2 Å². The third-order valence-electron chi connectivity index (χ3n) is 3.43. The van der Waals surface area contributed by atoms with Crippen molar-refractivity contribution in [3.05, 3.63) is 29.3 Å². The second-order valence-electron chi connectivity index (χ2n) is 4.52. The number of hydrogen-bond donors (Lipinski definition) is 0. The van der Waals surface area contributed by atoms with Crippen molar-refractivity contribution in [1.29, 1.82) is 0 Å². The van der Waals surface area contributed by atoms with E-state index >= 15 is 0 Å². The first kappa shape index (κ1) is 12.0. The van der Waals surface area contributed by atoms with Gasteiger partial charge in [0.15, 0.2) is 0 Å². The fourth-order valence-corrected chi connectivity index (χ4v) is 2.43. The highest BCUT2D eigenvalue weighted by Crippen LogP contribution is 2.30. The lowest BCUT2D eigenvalue weighted by Crippen LogP contribution is -2.18. The molecule has 0 amide bonds. The van der Waals surface area contributed by atoms with Gasteiger partial charge in [-0.1, -0.05) is 6.07 Å². The largest absolute Gasteiger partial charge is 0.497 e. The molecule has 0 N–H and O–H groups in total. The molecule has 0 aliphatic heterocycles. The Bertz CT molecular complexity index is 412. The number of fused-ring (bicyclic) bond motifs is 1. The summed E-state index contributed by atoms with van der Waals surface area (Å²) < 4.78 is 9.93. The van der Waals surface area contributed by atoms with Crippen molar-refractivity contribution in [1.82, 2.24) is 0 Å². The molecule has 1 aromatic carbocycles. The van der Waals surface area contributed by atoms with Gasteiger partial charge in [-0.2, -0.15) is 0 Å². The molecule has 3 nitrogen and oxygen atoms in total. The van der Waals surface area contributed by atoms with Gasteiger partial charge in [0.05, 0.1) is 14.2 Å². The fraction of sp³-hybridized carbons (Fsp3) is 0.500. The van der Waals surface area contributed by atoms with E-state index in [1.54, 1.807) is 7.11 Å². The van der Waals surface area contributed by atoms with E-state index in [1.807, 2.05) is 6.07 Å². The Morgan fingerprint density at radius 2 is 2.18 bits per heavy atom. The number of ether oxygens (including phenoxy) is 2. The molecule has 92 valence electrons. The molecule has 0 spiro atoms. The average Bonchev–Trinajstić information content (AvgIpc) is 2.38. The summed E-state index contributed by atoms with van der Waals surface area (Å²) in [5.41, 5.74) is 2.69. The van der Waals surface area contributed by atoms with Crippen molar-refractivity contribution < 1.29 is 14.3 Å². The van der Waals surface area contributed by atoms with Gasteiger partial charge in [0.1, 0.15) is 5.75 Å². The molecular formula is C14H18O3. The molecule has 0 bridgehead atoms. The second kappa shape index (κ2) is 5.21. The zero-order valence-electron chi connectivity index (χ0n) is 10.4. The molecule has 17 heavy (non-hydrogen) atoms. The minimum atomic E-state index is -0.105. The second-order valence-corrected chi connectivity index (χ2v) is 4.52. The van der Waals surface area contributed by atoms with Crippen molar-refractivity contribution in [3.8, 4) is 5.75 Å². The van der Waals surface area contributed by atoms with Gasteiger partial charge < -0.3 is 9.47 Å². The van der Waals surface area contributed by atoms with Gasteiger partial charge in [0, 0.05) is 6.42 Å². The van der Waals surface area contributed by atoms with Gasteiger partial charge >= 0.3 is 5.97 Å². The number of methoxy groups -OCH3 is 2. The standard InChI is InChI=1S/C14H18O3/c1-16-13-6-5-11-7-10(8-14(15)17-2)3-4-12(11)9-13/h5-6,9-10H,3-4,7-8H2,1-2H3/t10-/m0/s1. The van der Waals surface area contributed by atoms with Crippen LogP contribution in [0.4, 0.5) is 0 Å². The number of esters is 1. The molecule has 0 heterocycles. The first-order valence-electron chi connectivity index (χ1n) is 5.95. The zero-order valence-corrected chi connectivity index (χ0v) is 10.4. The molecule has 3 heteroatoms. The minimum absolute atomic E-state index is 0.105. The summed E-state index contributed by atoms with van der Waals surface area (Å²) in [4.78, 5) is 11.3. The molecule has 0 radical (unpaired) electrons. The van der Waals surface area contributed by atoms with Crippen LogP contribution in [0.15, 0.2) is 18.2 Å². The molecule has 0 fully saturated rings. The van der Waals surface area contributed by atoms with Crippen LogP contribution in [0.1, 0.15) is 24.0 Å². The molecule has 1 aromatic rings. The van der Waals surface area contributed by atoms with Gasteiger partial charge in [0.25, 0.3) is 0 Å². The van der Waals surface area contributed by atoms with Crippen molar-refractivity contribution in [3.63, 3.8) is 0 Å². The van der Waals surface area contributed by atoms with E-state index in [1.165, 1.54) is 18.2 Å². The maximum Gasteiger partial charge on any atom is 0.305 e. The smallest absolute Gasteiger partial charge is 0.305 e. The fourth-order valence-electron chi connectivity index (χ4n) is 2.43. The number of rotatable bonds is 3. The van der Waals surface area contributed by atoms with Crippen LogP contribution in [0.25, 0.3) is 0 Å². The van der Waals surface area contributed by atoms with Crippen LogP contribution in [-0.2, 0) is 22.4 Å². The molecule has 0 saturated heterocycles. The molecule has 1 aliphatic carbocycles. The third-order valence-corrected chi connectivity index (χ3v) is 3.43. The summed E-state index contributed by atoms with van der Waals surface area (Å²) in [6.07, 6.45) is 3.57. The maximum absolute atomic E-state index is 11.3. The number of aryl methyl sites for hydroxylation is 1. The highest BCUT2D eigenvalue weighted by Gasteiger charge is 2.21. The Morgan fingerprint density at radius 1 is 1.35 bits per heavy atom. The molecular weight excluding hydrogens is 216 g/mol. The van der Waals surface area contributed by atoms with Crippen LogP contribution in [-0.4, -0.2) is 20.2 Å². The van der Waals surface area contributed by atoms with Crippen LogP contribution in [0.2, 0.25) is 0 Å². The van der Waals surface area contributed by atoms with E-state index in [0.29, 0.717) is 12.3 Å². The van der Waals surface area contributed by atoms with Crippen LogP contribution < -0.4 is 4.74 Å². The summed E-state index contributed by atoms with van der Waals surface area (Å²) in [7, 11) is 3.13. The van der Waals surface area contributed by atoms with Gasteiger partial charge in [-0.15, -0.1) is 0 Å². The molecule has 2 rings (SSSR count). The quantitative estimate of drug-likeness (QED) is 0.753. The van der Waals surface area contributed by atoms with E-state index in [0.717, 1.165) is 25.0 Å². The van der Waals surface area contributed by atoms with Gasteiger partial charge in [-0.25, -0.2) is 0 Å². The van der Waals surface area contributed by atoms with Crippen LogP contribution >= 0.6 is 0 Å². The average molecular weight is 234 g/mol. The minimum Gasteiger partial charge on any atom is -0.497 e. The predicted molar refractivity (Wildman–Crippen MR) is 65.1 cm³/mol. The number of carbonyl (C=O) groups is 1. The summed E-state index contributed by atoms with van der Waals surface area (Å²) in [5.74, 6) is 1.23. The predicted octanol–water partition coefficient (Wildman–Crippen LogP) is 2.36. The topological polar surface area (TPSA) is 35.5 Å². The maximum atomic E-state index is 11.3. The molecule has 1 aliphatic rings. The lowest BCUT2D eigenvalue weighted by Gasteiger charge is -2.24.